The van der Waals surface area contributed by atoms with E-state index in [1.165, 1.54) is 10.5 Å². The molecular formula is C20H26N2O3. The van der Waals surface area contributed by atoms with Crippen LogP contribution in [-0.4, -0.2) is 36.8 Å². The molecule has 0 aliphatic rings. The normalized spacial score (nSPS) is 11.7. The molecule has 1 atom stereocenters. The van der Waals surface area contributed by atoms with Gasteiger partial charge in [0.25, 0.3) is 0 Å². The number of carbonyl (C=O) groups excluding carboxylic acids is 1. The van der Waals surface area contributed by atoms with Crippen molar-refractivity contribution in [2.24, 2.45) is 0 Å². The van der Waals surface area contributed by atoms with Crippen LogP contribution in [0, 0.1) is 13.8 Å². The molecule has 0 unspecified atom stereocenters. The molecule has 0 saturated heterocycles. The van der Waals surface area contributed by atoms with Crippen LogP contribution >= 0.6 is 0 Å². The number of benzene rings is 2. The largest absolute Gasteiger partial charge is 0.497 e. The summed E-state index contributed by atoms with van der Waals surface area (Å²) in [5.74, 6) is 0.738. The van der Waals surface area contributed by atoms with E-state index in [4.69, 9.17) is 4.74 Å². The van der Waals surface area contributed by atoms with Crippen molar-refractivity contribution in [2.75, 3.05) is 20.8 Å². The summed E-state index contributed by atoms with van der Waals surface area (Å²) in [7, 11) is 3.29. The maximum absolute atomic E-state index is 12.5. The van der Waals surface area contributed by atoms with Gasteiger partial charge in [-0.05, 0) is 42.7 Å². The molecule has 25 heavy (non-hydrogen) atoms. The van der Waals surface area contributed by atoms with Gasteiger partial charge in [-0.25, -0.2) is 4.79 Å². The summed E-state index contributed by atoms with van der Waals surface area (Å²) in [6, 6.07) is 12.9. The second-order valence-corrected chi connectivity index (χ2v) is 6.17. The fraction of sp³-hybridized carbons (Fsp3) is 0.350. The van der Waals surface area contributed by atoms with Gasteiger partial charge < -0.3 is 20.1 Å². The first kappa shape index (κ1) is 18.8. The van der Waals surface area contributed by atoms with Gasteiger partial charge in [-0.3, -0.25) is 0 Å². The van der Waals surface area contributed by atoms with Gasteiger partial charge in [0.2, 0.25) is 0 Å². The monoisotopic (exact) mass is 342 g/mol. The zero-order valence-corrected chi connectivity index (χ0v) is 15.2. The molecule has 2 amide bonds. The van der Waals surface area contributed by atoms with Crippen LogP contribution in [0.4, 0.5) is 4.79 Å². The van der Waals surface area contributed by atoms with Gasteiger partial charge in [-0.15, -0.1) is 0 Å². The number of rotatable bonds is 6. The van der Waals surface area contributed by atoms with Gasteiger partial charge in [0.1, 0.15) is 5.75 Å². The van der Waals surface area contributed by atoms with Crippen molar-refractivity contribution in [1.29, 1.82) is 0 Å². The van der Waals surface area contributed by atoms with E-state index in [1.807, 2.05) is 50.2 Å². The lowest BCUT2D eigenvalue weighted by atomic mass is 10.1. The number of hydrogen-bond donors (Lipinski definition) is 2. The Bertz CT molecular complexity index is 713. The van der Waals surface area contributed by atoms with Gasteiger partial charge in [-0.1, -0.05) is 35.9 Å². The lowest BCUT2D eigenvalue weighted by Gasteiger charge is -2.27. The number of aryl methyl sites for hydroxylation is 2. The molecule has 134 valence electrons. The zero-order valence-electron chi connectivity index (χ0n) is 15.2. The molecule has 0 radical (unpaired) electrons. The summed E-state index contributed by atoms with van der Waals surface area (Å²) in [6.07, 6.45) is 0. The molecule has 0 aliphatic carbocycles. The number of methoxy groups -OCH3 is 1. The van der Waals surface area contributed by atoms with Crippen molar-refractivity contribution in [3.8, 4) is 5.75 Å². The molecule has 2 rings (SSSR count). The molecular weight excluding hydrogens is 316 g/mol. The quantitative estimate of drug-likeness (QED) is 0.847. The third-order valence-corrected chi connectivity index (χ3v) is 4.39. The minimum absolute atomic E-state index is 0.153. The molecule has 0 spiro atoms. The van der Waals surface area contributed by atoms with Gasteiger partial charge in [-0.2, -0.15) is 0 Å². The first-order valence-corrected chi connectivity index (χ1v) is 8.28. The van der Waals surface area contributed by atoms with E-state index in [9.17, 15) is 9.90 Å². The second kappa shape index (κ2) is 8.53. The van der Waals surface area contributed by atoms with Gasteiger partial charge >= 0.3 is 6.03 Å². The average Bonchev–Trinajstić information content (AvgIpc) is 2.61. The second-order valence-electron chi connectivity index (χ2n) is 6.17. The number of amides is 2. The number of nitrogens with one attached hydrogen (secondary N) is 1. The predicted octanol–water partition coefficient (Wildman–Crippen LogP) is 3.19. The van der Waals surface area contributed by atoms with Crippen molar-refractivity contribution < 1.29 is 14.6 Å². The molecule has 5 heteroatoms. The molecule has 2 aromatic carbocycles. The van der Waals surface area contributed by atoms with Crippen molar-refractivity contribution in [1.82, 2.24) is 10.2 Å². The first-order valence-electron chi connectivity index (χ1n) is 8.28. The Kier molecular flexibility index (Phi) is 6.42. The van der Waals surface area contributed by atoms with Crippen molar-refractivity contribution in [3.63, 3.8) is 0 Å². The molecule has 0 aliphatic heterocycles. The fourth-order valence-electron chi connectivity index (χ4n) is 2.76. The molecule has 0 heterocycles. The lowest BCUT2D eigenvalue weighted by Crippen LogP contribution is -2.40. The Morgan fingerprint density at radius 2 is 1.88 bits per heavy atom. The Morgan fingerprint density at radius 1 is 1.20 bits per heavy atom. The van der Waals surface area contributed by atoms with E-state index in [0.717, 1.165) is 22.4 Å². The molecule has 0 fully saturated rings. The number of hydrogen-bond acceptors (Lipinski definition) is 3. The van der Waals surface area contributed by atoms with Crippen LogP contribution in [0.1, 0.15) is 28.3 Å². The Balaban J connectivity index is 2.03. The van der Waals surface area contributed by atoms with E-state index in [2.05, 4.69) is 11.4 Å². The van der Waals surface area contributed by atoms with Crippen LogP contribution in [0.15, 0.2) is 42.5 Å². The number of ether oxygens (including phenoxy) is 1. The van der Waals surface area contributed by atoms with Crippen LogP contribution in [0.3, 0.4) is 0 Å². The highest BCUT2D eigenvalue weighted by Crippen LogP contribution is 2.22. The van der Waals surface area contributed by atoms with Gasteiger partial charge in [0.05, 0.1) is 19.8 Å². The summed E-state index contributed by atoms with van der Waals surface area (Å²) in [5.41, 5.74) is 4.28. The summed E-state index contributed by atoms with van der Waals surface area (Å²) in [5, 5.41) is 12.6. The smallest absolute Gasteiger partial charge is 0.318 e. The Hall–Kier alpha value is -2.53. The summed E-state index contributed by atoms with van der Waals surface area (Å²) < 4.78 is 5.14. The highest BCUT2D eigenvalue weighted by atomic mass is 16.5. The number of nitrogens with zero attached hydrogens (tertiary/aromatic N) is 1. The molecule has 0 bridgehead atoms. The zero-order chi connectivity index (χ0) is 18.4. The fourth-order valence-corrected chi connectivity index (χ4v) is 2.76. The molecule has 2 aromatic rings. The Morgan fingerprint density at radius 3 is 2.44 bits per heavy atom. The molecule has 0 saturated carbocycles. The average molecular weight is 342 g/mol. The third-order valence-electron chi connectivity index (χ3n) is 4.39. The molecule has 2 N–H and O–H groups in total. The van der Waals surface area contributed by atoms with E-state index < -0.39 is 6.04 Å². The van der Waals surface area contributed by atoms with Gasteiger partial charge in [0.15, 0.2) is 0 Å². The third kappa shape index (κ3) is 4.73. The minimum atomic E-state index is -0.412. The molecule has 5 nitrogen and oxygen atoms in total. The standard InChI is InChI=1S/C20H26N2O3/c1-14-5-6-17(15(2)11-14)12-21-20(24)22(3)19(13-23)16-7-9-18(25-4)10-8-16/h5-11,19,23H,12-13H2,1-4H3,(H,21,24)/t19-/m1/s1. The van der Waals surface area contributed by atoms with E-state index in [-0.39, 0.29) is 12.6 Å². The number of urea groups is 1. The lowest BCUT2D eigenvalue weighted by molar-refractivity contribution is 0.149. The predicted molar refractivity (Wildman–Crippen MR) is 98.7 cm³/mol. The topological polar surface area (TPSA) is 61.8 Å². The van der Waals surface area contributed by atoms with E-state index >= 15 is 0 Å². The maximum Gasteiger partial charge on any atom is 0.318 e. The summed E-state index contributed by atoms with van der Waals surface area (Å²) >= 11 is 0. The van der Waals surface area contributed by atoms with Gasteiger partial charge in [0, 0.05) is 13.6 Å². The molecule has 0 aromatic heterocycles. The van der Waals surface area contributed by atoms with E-state index in [0.29, 0.717) is 6.54 Å². The van der Waals surface area contributed by atoms with Crippen LogP contribution in [0.5, 0.6) is 5.75 Å². The highest BCUT2D eigenvalue weighted by Gasteiger charge is 2.21. The van der Waals surface area contributed by atoms with Crippen molar-refractivity contribution in [2.45, 2.75) is 26.4 Å². The number of aliphatic hydroxyl groups excluding tert-OH is 1. The summed E-state index contributed by atoms with van der Waals surface area (Å²) in [6.45, 7) is 4.38. The highest BCUT2D eigenvalue weighted by molar-refractivity contribution is 5.74. The SMILES string of the molecule is COc1ccc([C@@H](CO)N(C)C(=O)NCc2ccc(C)cc2C)cc1. The summed E-state index contributed by atoms with van der Waals surface area (Å²) in [4.78, 5) is 14.0. The van der Waals surface area contributed by atoms with Crippen LogP contribution in [-0.2, 0) is 6.54 Å². The maximum atomic E-state index is 12.5. The number of carbonyl (C=O) groups is 1. The van der Waals surface area contributed by atoms with Crippen LogP contribution < -0.4 is 10.1 Å². The van der Waals surface area contributed by atoms with Crippen molar-refractivity contribution >= 4 is 6.03 Å². The van der Waals surface area contributed by atoms with Crippen LogP contribution in [0.25, 0.3) is 0 Å². The van der Waals surface area contributed by atoms with E-state index in [1.54, 1.807) is 14.2 Å². The number of likely N-dealkylation sites (N-methyl/N-ethyl adjacent to an activating group) is 1. The number of aliphatic hydroxyl groups is 1. The Labute approximate surface area is 149 Å². The van der Waals surface area contributed by atoms with Crippen LogP contribution in [0.2, 0.25) is 0 Å². The van der Waals surface area contributed by atoms with Crippen molar-refractivity contribution in [3.05, 3.63) is 64.7 Å². The first-order chi connectivity index (χ1) is 12.0. The minimum Gasteiger partial charge on any atom is -0.497 e.